The van der Waals surface area contributed by atoms with Crippen molar-refractivity contribution in [1.82, 2.24) is 15.0 Å². The van der Waals surface area contributed by atoms with Crippen LogP contribution >= 0.6 is 12.2 Å². The van der Waals surface area contributed by atoms with Crippen LogP contribution in [-0.4, -0.2) is 55.2 Å². The van der Waals surface area contributed by atoms with E-state index in [4.69, 9.17) is 22.1 Å². The summed E-state index contributed by atoms with van der Waals surface area (Å²) in [5.41, 5.74) is 0.157. The van der Waals surface area contributed by atoms with Crippen molar-refractivity contribution < 1.29 is 28.8 Å². The molecule has 0 aliphatic carbocycles. The SMILES string of the molecule is OC[C@H]1O[C@@H](c2cc3nc(F)c(F)nc3[nH]c2=S)[C@@H](O)C1O. The first-order valence-electron chi connectivity index (χ1n) is 6.30. The molecule has 0 aromatic carbocycles. The van der Waals surface area contributed by atoms with Crippen molar-refractivity contribution in [3.05, 3.63) is 28.2 Å². The van der Waals surface area contributed by atoms with Crippen molar-refractivity contribution in [1.29, 1.82) is 0 Å². The van der Waals surface area contributed by atoms with Crippen LogP contribution in [0.4, 0.5) is 8.78 Å². The van der Waals surface area contributed by atoms with Crippen molar-refractivity contribution in [3.63, 3.8) is 0 Å². The lowest BCUT2D eigenvalue weighted by Crippen LogP contribution is -2.32. The third kappa shape index (κ3) is 2.38. The molecule has 0 radical (unpaired) electrons. The van der Waals surface area contributed by atoms with Gasteiger partial charge in [-0.05, 0) is 6.07 Å². The third-order valence-electron chi connectivity index (χ3n) is 3.48. The molecule has 3 heterocycles. The summed E-state index contributed by atoms with van der Waals surface area (Å²) in [5, 5.41) is 28.8. The Morgan fingerprint density at radius 1 is 1.23 bits per heavy atom. The first kappa shape index (κ1) is 15.3. The van der Waals surface area contributed by atoms with Crippen LogP contribution in [-0.2, 0) is 4.74 Å². The molecule has 0 saturated carbocycles. The summed E-state index contributed by atoms with van der Waals surface area (Å²) in [5.74, 6) is -2.73. The van der Waals surface area contributed by atoms with Crippen LogP contribution in [0.2, 0.25) is 0 Å². The van der Waals surface area contributed by atoms with Gasteiger partial charge in [-0.15, -0.1) is 0 Å². The second kappa shape index (κ2) is 5.56. The maximum atomic E-state index is 13.2. The molecule has 0 spiro atoms. The van der Waals surface area contributed by atoms with E-state index < -0.39 is 42.9 Å². The van der Waals surface area contributed by atoms with E-state index in [0.717, 1.165) is 0 Å². The van der Waals surface area contributed by atoms with E-state index in [1.54, 1.807) is 0 Å². The zero-order chi connectivity index (χ0) is 16.0. The second-order valence-corrected chi connectivity index (χ2v) is 5.26. The molecule has 118 valence electrons. The number of H-pyrrole nitrogens is 1. The molecule has 1 saturated heterocycles. The Labute approximate surface area is 127 Å². The average Bonchev–Trinajstić information content (AvgIpc) is 2.76. The molecule has 0 amide bonds. The Hall–Kier alpha value is -1.59. The Morgan fingerprint density at radius 3 is 2.55 bits per heavy atom. The summed E-state index contributed by atoms with van der Waals surface area (Å²) >= 11 is 5.08. The zero-order valence-corrected chi connectivity index (χ0v) is 11.7. The highest BCUT2D eigenvalue weighted by atomic mass is 32.1. The topological polar surface area (TPSA) is 111 Å². The standard InChI is InChI=1S/C12H11F2N3O4S/c13-9-10(14)16-11-4(15-9)1-3(12(22)17-11)8-7(20)6(19)5(2-18)21-8/h1,5-8,18-20H,2H2,(H,16,17,22)/t5-,6?,7+,8+/m1/s1. The number of aromatic amines is 1. The third-order valence-corrected chi connectivity index (χ3v) is 3.81. The van der Waals surface area contributed by atoms with Crippen LogP contribution in [0.3, 0.4) is 0 Å². The minimum atomic E-state index is -1.37. The van der Waals surface area contributed by atoms with Crippen molar-refractivity contribution >= 4 is 23.4 Å². The molecular weight excluding hydrogens is 320 g/mol. The fourth-order valence-electron chi connectivity index (χ4n) is 2.36. The van der Waals surface area contributed by atoms with Gasteiger partial charge in [0.25, 0.3) is 11.9 Å². The van der Waals surface area contributed by atoms with Crippen LogP contribution in [0.1, 0.15) is 11.7 Å². The van der Waals surface area contributed by atoms with E-state index in [9.17, 15) is 19.0 Å². The summed E-state index contributed by atoms with van der Waals surface area (Å²) in [7, 11) is 0. The van der Waals surface area contributed by atoms with E-state index in [1.807, 2.05) is 0 Å². The zero-order valence-electron chi connectivity index (χ0n) is 10.9. The van der Waals surface area contributed by atoms with E-state index in [-0.39, 0.29) is 21.4 Å². The fraction of sp³-hybridized carbons (Fsp3) is 0.417. The molecule has 2 aromatic heterocycles. The van der Waals surface area contributed by atoms with Gasteiger partial charge in [0.15, 0.2) is 5.65 Å². The van der Waals surface area contributed by atoms with E-state index in [2.05, 4.69) is 15.0 Å². The Balaban J connectivity index is 2.10. The van der Waals surface area contributed by atoms with Crippen LogP contribution in [0.25, 0.3) is 11.2 Å². The number of aliphatic hydroxyl groups excluding tert-OH is 3. The largest absolute Gasteiger partial charge is 0.394 e. The molecule has 22 heavy (non-hydrogen) atoms. The number of fused-ring (bicyclic) bond motifs is 1. The number of nitrogens with zero attached hydrogens (tertiary/aromatic N) is 2. The monoisotopic (exact) mass is 331 g/mol. The summed E-state index contributed by atoms with van der Waals surface area (Å²) in [6.45, 7) is -0.488. The van der Waals surface area contributed by atoms with Gasteiger partial charge in [-0.2, -0.15) is 13.8 Å². The molecule has 4 N–H and O–H groups in total. The van der Waals surface area contributed by atoms with Crippen molar-refractivity contribution in [3.8, 4) is 0 Å². The lowest BCUT2D eigenvalue weighted by atomic mass is 10.0. The highest BCUT2D eigenvalue weighted by Gasteiger charge is 2.43. The number of nitrogens with one attached hydrogen (secondary N) is 1. The number of ether oxygens (including phenoxy) is 1. The van der Waals surface area contributed by atoms with Crippen LogP contribution < -0.4 is 0 Å². The maximum absolute atomic E-state index is 13.2. The van der Waals surface area contributed by atoms with E-state index >= 15 is 0 Å². The molecule has 4 atom stereocenters. The van der Waals surface area contributed by atoms with Crippen LogP contribution in [0, 0.1) is 16.5 Å². The Kier molecular flexibility index (Phi) is 3.87. The normalized spacial score (nSPS) is 28.4. The van der Waals surface area contributed by atoms with Gasteiger partial charge < -0.3 is 25.0 Å². The predicted octanol–water partition coefficient (Wildman–Crippen LogP) is 0.120. The molecule has 2 aromatic rings. The number of rotatable bonds is 2. The summed E-state index contributed by atoms with van der Waals surface area (Å²) in [4.78, 5) is 9.32. The first-order valence-corrected chi connectivity index (χ1v) is 6.71. The quantitative estimate of drug-likeness (QED) is 0.578. The predicted molar refractivity (Wildman–Crippen MR) is 71.4 cm³/mol. The molecule has 1 fully saturated rings. The first-order chi connectivity index (χ1) is 10.4. The van der Waals surface area contributed by atoms with Crippen molar-refractivity contribution in [2.24, 2.45) is 0 Å². The minimum Gasteiger partial charge on any atom is -0.394 e. The number of aliphatic hydroxyl groups is 3. The van der Waals surface area contributed by atoms with E-state index in [1.165, 1.54) is 6.07 Å². The second-order valence-electron chi connectivity index (χ2n) is 4.85. The van der Waals surface area contributed by atoms with Gasteiger partial charge in [0.2, 0.25) is 0 Å². The molecule has 0 bridgehead atoms. The highest BCUT2D eigenvalue weighted by molar-refractivity contribution is 7.71. The summed E-state index contributed by atoms with van der Waals surface area (Å²) in [6, 6.07) is 1.30. The smallest absolute Gasteiger partial charge is 0.270 e. The fourth-order valence-corrected chi connectivity index (χ4v) is 2.63. The molecular formula is C12H11F2N3O4S. The lowest BCUT2D eigenvalue weighted by molar-refractivity contribution is -0.0229. The molecule has 7 nitrogen and oxygen atoms in total. The van der Waals surface area contributed by atoms with Gasteiger partial charge in [-0.25, -0.2) is 4.98 Å². The summed E-state index contributed by atoms with van der Waals surface area (Å²) < 4.78 is 31.7. The van der Waals surface area contributed by atoms with Crippen molar-refractivity contribution in [2.75, 3.05) is 6.61 Å². The Morgan fingerprint density at radius 2 is 1.91 bits per heavy atom. The number of hydrogen-bond acceptors (Lipinski definition) is 7. The van der Waals surface area contributed by atoms with E-state index in [0.29, 0.717) is 0 Å². The summed E-state index contributed by atoms with van der Waals surface area (Å²) in [6.07, 6.45) is -4.63. The van der Waals surface area contributed by atoms with Gasteiger partial charge in [-0.1, -0.05) is 12.2 Å². The molecule has 3 rings (SSSR count). The minimum absolute atomic E-state index is 0.0137. The molecule has 10 heteroatoms. The number of aromatic nitrogens is 3. The average molecular weight is 331 g/mol. The Bertz CT molecular complexity index is 787. The lowest BCUT2D eigenvalue weighted by Gasteiger charge is -2.15. The van der Waals surface area contributed by atoms with Gasteiger partial charge >= 0.3 is 0 Å². The van der Waals surface area contributed by atoms with Gasteiger partial charge in [-0.3, -0.25) is 0 Å². The van der Waals surface area contributed by atoms with Gasteiger partial charge in [0.05, 0.1) is 6.61 Å². The van der Waals surface area contributed by atoms with Gasteiger partial charge in [0, 0.05) is 5.56 Å². The van der Waals surface area contributed by atoms with Crippen molar-refractivity contribution in [2.45, 2.75) is 24.4 Å². The number of halogens is 2. The molecule has 1 unspecified atom stereocenters. The van der Waals surface area contributed by atoms with Crippen LogP contribution in [0.15, 0.2) is 6.07 Å². The molecule has 1 aliphatic rings. The van der Waals surface area contributed by atoms with Gasteiger partial charge in [0.1, 0.15) is 34.6 Å². The highest BCUT2D eigenvalue weighted by Crippen LogP contribution is 2.34. The number of hydrogen-bond donors (Lipinski definition) is 4. The maximum Gasteiger partial charge on any atom is 0.270 e. The van der Waals surface area contributed by atoms with Crippen LogP contribution in [0.5, 0.6) is 0 Å². The number of pyridine rings is 1. The molecule has 1 aliphatic heterocycles.